The fraction of sp³-hybridized carbons (Fsp3) is 0.0833. The number of ether oxygens (including phenoxy) is 3. The molecule has 3 aromatic rings. The summed E-state index contributed by atoms with van der Waals surface area (Å²) >= 11 is 0. The highest BCUT2D eigenvalue weighted by atomic mass is 16.5. The Labute approximate surface area is 168 Å². The number of Topliss-reactive ketones (excluding diaryl/α,β-unsaturated/α-hetero) is 1. The van der Waals surface area contributed by atoms with E-state index in [0.717, 1.165) is 11.1 Å². The van der Waals surface area contributed by atoms with Gasteiger partial charge in [-0.3, -0.25) is 4.79 Å². The van der Waals surface area contributed by atoms with E-state index in [2.05, 4.69) is 4.74 Å². The maximum Gasteiger partial charge on any atom is 0.337 e. The Balaban J connectivity index is 1.45. The van der Waals surface area contributed by atoms with Crippen molar-refractivity contribution in [2.45, 2.75) is 6.61 Å². The lowest BCUT2D eigenvalue weighted by atomic mass is 10.1. The fourth-order valence-corrected chi connectivity index (χ4v) is 2.98. The second-order valence-electron chi connectivity index (χ2n) is 6.49. The Morgan fingerprint density at radius 3 is 2.48 bits per heavy atom. The molecule has 0 unspecified atom stereocenters. The van der Waals surface area contributed by atoms with Gasteiger partial charge in [-0.05, 0) is 41.5 Å². The quantitative estimate of drug-likeness (QED) is 0.471. The first kappa shape index (κ1) is 18.5. The number of ketones is 1. The number of carbonyl (C=O) groups excluding carboxylic acids is 2. The molecule has 5 heteroatoms. The molecule has 144 valence electrons. The minimum absolute atomic E-state index is 0.145. The lowest BCUT2D eigenvalue weighted by Gasteiger charge is -2.08. The van der Waals surface area contributed by atoms with Gasteiger partial charge in [0.1, 0.15) is 18.1 Å². The molecule has 1 aliphatic heterocycles. The minimum atomic E-state index is -0.378. The van der Waals surface area contributed by atoms with Gasteiger partial charge in [-0.15, -0.1) is 0 Å². The van der Waals surface area contributed by atoms with Crippen LogP contribution in [0, 0.1) is 0 Å². The largest absolute Gasteiger partial charge is 0.489 e. The molecular weight excluding hydrogens is 368 g/mol. The van der Waals surface area contributed by atoms with E-state index in [9.17, 15) is 9.59 Å². The Kier molecular flexibility index (Phi) is 5.12. The van der Waals surface area contributed by atoms with Gasteiger partial charge in [-0.1, -0.05) is 42.5 Å². The van der Waals surface area contributed by atoms with Gasteiger partial charge in [0.05, 0.1) is 18.2 Å². The molecule has 5 nitrogen and oxygen atoms in total. The summed E-state index contributed by atoms with van der Waals surface area (Å²) in [5.41, 5.74) is 2.80. The molecule has 0 N–H and O–H groups in total. The van der Waals surface area contributed by atoms with Gasteiger partial charge in [-0.2, -0.15) is 0 Å². The van der Waals surface area contributed by atoms with Crippen LogP contribution in [0.5, 0.6) is 11.5 Å². The molecule has 1 aliphatic rings. The molecule has 0 fully saturated rings. The molecular formula is C24H18O5. The molecule has 3 aromatic carbocycles. The van der Waals surface area contributed by atoms with Gasteiger partial charge >= 0.3 is 5.97 Å². The molecule has 0 radical (unpaired) electrons. The van der Waals surface area contributed by atoms with Crippen molar-refractivity contribution in [2.24, 2.45) is 0 Å². The zero-order valence-electron chi connectivity index (χ0n) is 15.8. The average molecular weight is 386 g/mol. The Morgan fingerprint density at radius 2 is 1.76 bits per heavy atom. The number of fused-ring (bicyclic) bond motifs is 1. The summed E-state index contributed by atoms with van der Waals surface area (Å²) in [5, 5.41) is 0. The van der Waals surface area contributed by atoms with E-state index in [-0.39, 0.29) is 11.8 Å². The van der Waals surface area contributed by atoms with Crippen molar-refractivity contribution >= 4 is 17.8 Å². The molecule has 0 aliphatic carbocycles. The van der Waals surface area contributed by atoms with E-state index in [0.29, 0.717) is 35.0 Å². The Bertz CT molecular complexity index is 1080. The van der Waals surface area contributed by atoms with E-state index in [4.69, 9.17) is 9.47 Å². The van der Waals surface area contributed by atoms with E-state index >= 15 is 0 Å². The van der Waals surface area contributed by atoms with Crippen molar-refractivity contribution < 1.29 is 23.8 Å². The maximum absolute atomic E-state index is 12.5. The van der Waals surface area contributed by atoms with Gasteiger partial charge < -0.3 is 14.2 Å². The first-order chi connectivity index (χ1) is 14.1. The highest BCUT2D eigenvalue weighted by molar-refractivity contribution is 6.14. The predicted molar refractivity (Wildman–Crippen MR) is 108 cm³/mol. The van der Waals surface area contributed by atoms with Crippen molar-refractivity contribution in [3.63, 3.8) is 0 Å². The highest BCUT2D eigenvalue weighted by Crippen LogP contribution is 2.35. The summed E-state index contributed by atoms with van der Waals surface area (Å²) in [4.78, 5) is 24.0. The predicted octanol–water partition coefficient (Wildman–Crippen LogP) is 4.67. The van der Waals surface area contributed by atoms with Crippen molar-refractivity contribution in [1.29, 1.82) is 0 Å². The minimum Gasteiger partial charge on any atom is -0.489 e. The molecule has 0 atom stereocenters. The molecule has 0 amide bonds. The van der Waals surface area contributed by atoms with Crippen LogP contribution in [0.4, 0.5) is 0 Å². The highest BCUT2D eigenvalue weighted by Gasteiger charge is 2.27. The topological polar surface area (TPSA) is 61.8 Å². The summed E-state index contributed by atoms with van der Waals surface area (Å²) in [7, 11) is 1.35. The Hall–Kier alpha value is -3.86. The average Bonchev–Trinajstić information content (AvgIpc) is 3.07. The molecule has 1 heterocycles. The number of methoxy groups -OCH3 is 1. The number of benzene rings is 3. The van der Waals surface area contributed by atoms with Gasteiger partial charge in [0.2, 0.25) is 5.78 Å². The number of allylic oxidation sites excluding steroid dienone is 1. The zero-order chi connectivity index (χ0) is 20.2. The molecule has 0 spiro atoms. The van der Waals surface area contributed by atoms with Crippen molar-refractivity contribution in [1.82, 2.24) is 0 Å². The molecule has 0 aromatic heterocycles. The SMILES string of the molecule is COC(=O)c1ccc(COc2ccc3c(c2)OC(=Cc2ccccc2)C3=O)cc1. The summed E-state index contributed by atoms with van der Waals surface area (Å²) in [6.07, 6.45) is 1.73. The lowest BCUT2D eigenvalue weighted by Crippen LogP contribution is -2.02. The van der Waals surface area contributed by atoms with Gasteiger partial charge in [0.15, 0.2) is 5.76 Å². The summed E-state index contributed by atoms with van der Waals surface area (Å²) in [5.74, 6) is 0.845. The third kappa shape index (κ3) is 4.04. The van der Waals surface area contributed by atoms with Crippen LogP contribution >= 0.6 is 0 Å². The monoisotopic (exact) mass is 386 g/mol. The summed E-state index contributed by atoms with van der Waals surface area (Å²) in [6, 6.07) is 21.7. The van der Waals surface area contributed by atoms with Crippen LogP contribution in [0.1, 0.15) is 31.8 Å². The normalized spacial score (nSPS) is 13.7. The third-order valence-corrected chi connectivity index (χ3v) is 4.52. The first-order valence-electron chi connectivity index (χ1n) is 9.07. The van der Waals surface area contributed by atoms with Crippen LogP contribution in [0.2, 0.25) is 0 Å². The van der Waals surface area contributed by atoms with Crippen LogP contribution in [0.25, 0.3) is 6.08 Å². The summed E-state index contributed by atoms with van der Waals surface area (Å²) in [6.45, 7) is 0.320. The van der Waals surface area contributed by atoms with E-state index in [1.54, 1.807) is 48.5 Å². The van der Waals surface area contributed by atoms with Crippen LogP contribution < -0.4 is 9.47 Å². The smallest absolute Gasteiger partial charge is 0.337 e. The van der Waals surface area contributed by atoms with Gasteiger partial charge in [-0.25, -0.2) is 4.79 Å². The molecule has 29 heavy (non-hydrogen) atoms. The number of hydrogen-bond acceptors (Lipinski definition) is 5. The first-order valence-corrected chi connectivity index (χ1v) is 9.07. The van der Waals surface area contributed by atoms with Crippen molar-refractivity contribution in [3.8, 4) is 11.5 Å². The van der Waals surface area contributed by atoms with Crippen LogP contribution in [0.3, 0.4) is 0 Å². The third-order valence-electron chi connectivity index (χ3n) is 4.52. The van der Waals surface area contributed by atoms with Crippen LogP contribution in [-0.4, -0.2) is 18.9 Å². The van der Waals surface area contributed by atoms with E-state index < -0.39 is 0 Å². The van der Waals surface area contributed by atoms with Crippen LogP contribution in [-0.2, 0) is 11.3 Å². The lowest BCUT2D eigenvalue weighted by molar-refractivity contribution is 0.0600. The fourth-order valence-electron chi connectivity index (χ4n) is 2.98. The molecule has 0 saturated carbocycles. The molecule has 0 saturated heterocycles. The molecule has 0 bridgehead atoms. The number of rotatable bonds is 5. The van der Waals surface area contributed by atoms with Gasteiger partial charge in [0.25, 0.3) is 0 Å². The second kappa shape index (κ2) is 8.02. The second-order valence-corrected chi connectivity index (χ2v) is 6.49. The standard InChI is InChI=1S/C24H18O5/c1-27-24(26)18-9-7-17(8-10-18)15-28-19-11-12-20-21(14-19)29-22(23(20)25)13-16-5-3-2-4-6-16/h2-14H,15H2,1H3. The van der Waals surface area contributed by atoms with Gasteiger partial charge in [0, 0.05) is 6.07 Å². The van der Waals surface area contributed by atoms with E-state index in [1.165, 1.54) is 7.11 Å². The van der Waals surface area contributed by atoms with E-state index in [1.807, 2.05) is 30.3 Å². The molecule has 4 rings (SSSR count). The zero-order valence-corrected chi connectivity index (χ0v) is 15.8. The van der Waals surface area contributed by atoms with Crippen molar-refractivity contribution in [2.75, 3.05) is 7.11 Å². The number of hydrogen-bond donors (Lipinski definition) is 0. The number of carbonyl (C=O) groups is 2. The summed E-state index contributed by atoms with van der Waals surface area (Å²) < 4.78 is 16.2. The maximum atomic E-state index is 12.5. The Morgan fingerprint density at radius 1 is 1.00 bits per heavy atom. The van der Waals surface area contributed by atoms with Crippen molar-refractivity contribution in [3.05, 3.63) is 101 Å². The van der Waals surface area contributed by atoms with Crippen LogP contribution in [0.15, 0.2) is 78.6 Å². The number of esters is 1.